The number of benzene rings is 1. The van der Waals surface area contributed by atoms with Crippen molar-refractivity contribution in [2.45, 2.75) is 20.5 Å². The fourth-order valence-corrected chi connectivity index (χ4v) is 3.24. The third kappa shape index (κ3) is 3.66. The van der Waals surface area contributed by atoms with Crippen LogP contribution in [0.2, 0.25) is 0 Å². The maximum atomic E-state index is 12.5. The summed E-state index contributed by atoms with van der Waals surface area (Å²) in [4.78, 5) is 38.9. The minimum atomic E-state index is -0.635. The Morgan fingerprint density at radius 2 is 1.93 bits per heavy atom. The molecular formula is C19H16BrNO6. The maximum Gasteiger partial charge on any atom is 0.355 e. The van der Waals surface area contributed by atoms with Crippen LogP contribution in [-0.4, -0.2) is 24.0 Å². The SMILES string of the molecule is COC(=O)c1c(C)[nH]c(C(=O)OCc2cc(=O)oc3cc(Br)ccc23)c1C. The van der Waals surface area contributed by atoms with Crippen molar-refractivity contribution < 1.29 is 23.5 Å². The molecule has 1 N–H and O–H groups in total. The van der Waals surface area contributed by atoms with E-state index in [1.807, 2.05) is 0 Å². The molecule has 0 aliphatic rings. The van der Waals surface area contributed by atoms with E-state index in [0.717, 1.165) is 4.47 Å². The molecule has 0 saturated heterocycles. The Balaban J connectivity index is 1.88. The standard InChI is InChI=1S/C19H16BrNO6/c1-9-16(18(23)25-3)10(2)21-17(9)19(24)26-8-11-6-15(22)27-14-7-12(20)4-5-13(11)14/h4-7,21H,8H2,1-3H3. The first kappa shape index (κ1) is 18.9. The molecule has 0 atom stereocenters. The predicted octanol–water partition coefficient (Wildman–Crippen LogP) is 3.64. The van der Waals surface area contributed by atoms with Crippen molar-refractivity contribution in [1.82, 2.24) is 4.98 Å². The highest BCUT2D eigenvalue weighted by atomic mass is 79.9. The summed E-state index contributed by atoms with van der Waals surface area (Å²) in [7, 11) is 1.27. The van der Waals surface area contributed by atoms with Gasteiger partial charge in [-0.05, 0) is 37.6 Å². The quantitative estimate of drug-likeness (QED) is 0.497. The molecule has 0 unspecified atom stereocenters. The van der Waals surface area contributed by atoms with Crippen molar-refractivity contribution >= 4 is 38.8 Å². The zero-order valence-electron chi connectivity index (χ0n) is 14.8. The van der Waals surface area contributed by atoms with Crippen LogP contribution < -0.4 is 5.63 Å². The number of aryl methyl sites for hydroxylation is 1. The lowest BCUT2D eigenvalue weighted by Crippen LogP contribution is -2.10. The Bertz CT molecular complexity index is 1110. The number of carbonyl (C=O) groups is 2. The van der Waals surface area contributed by atoms with Crippen LogP contribution in [0.5, 0.6) is 0 Å². The molecule has 3 rings (SSSR count). The summed E-state index contributed by atoms with van der Waals surface area (Å²) in [5.74, 6) is -1.17. The zero-order valence-corrected chi connectivity index (χ0v) is 16.4. The summed E-state index contributed by atoms with van der Waals surface area (Å²) >= 11 is 3.32. The summed E-state index contributed by atoms with van der Waals surface area (Å²) in [6.45, 7) is 3.19. The maximum absolute atomic E-state index is 12.5. The number of carbonyl (C=O) groups excluding carboxylic acids is 2. The number of fused-ring (bicyclic) bond motifs is 1. The molecule has 8 heteroatoms. The molecule has 0 amide bonds. The van der Waals surface area contributed by atoms with Crippen LogP contribution in [0.3, 0.4) is 0 Å². The van der Waals surface area contributed by atoms with E-state index in [1.165, 1.54) is 13.2 Å². The smallest absolute Gasteiger partial charge is 0.355 e. The Labute approximate surface area is 162 Å². The number of aromatic amines is 1. The first-order chi connectivity index (χ1) is 12.8. The number of hydrogen-bond donors (Lipinski definition) is 1. The van der Waals surface area contributed by atoms with E-state index in [-0.39, 0.29) is 12.3 Å². The Kier molecular flexibility index (Phi) is 5.18. The van der Waals surface area contributed by atoms with Crippen molar-refractivity contribution in [1.29, 1.82) is 0 Å². The van der Waals surface area contributed by atoms with Gasteiger partial charge in [0.25, 0.3) is 0 Å². The third-order valence-corrected chi connectivity index (χ3v) is 4.68. The second-order valence-electron chi connectivity index (χ2n) is 5.92. The predicted molar refractivity (Wildman–Crippen MR) is 101 cm³/mol. The Morgan fingerprint density at radius 3 is 2.63 bits per heavy atom. The fourth-order valence-electron chi connectivity index (χ4n) is 2.90. The molecule has 2 aromatic heterocycles. The highest BCUT2D eigenvalue weighted by Crippen LogP contribution is 2.23. The van der Waals surface area contributed by atoms with Gasteiger partial charge in [0.1, 0.15) is 17.9 Å². The van der Waals surface area contributed by atoms with E-state index in [2.05, 4.69) is 20.9 Å². The lowest BCUT2D eigenvalue weighted by atomic mass is 10.1. The van der Waals surface area contributed by atoms with Crippen molar-refractivity contribution in [3.63, 3.8) is 0 Å². The van der Waals surface area contributed by atoms with Crippen molar-refractivity contribution in [3.8, 4) is 0 Å². The molecule has 0 saturated carbocycles. The molecule has 2 heterocycles. The molecule has 0 fully saturated rings. The minimum absolute atomic E-state index is 0.117. The molecule has 3 aromatic rings. The first-order valence-corrected chi connectivity index (χ1v) is 8.78. The van der Waals surface area contributed by atoms with Crippen LogP contribution in [0, 0.1) is 13.8 Å². The van der Waals surface area contributed by atoms with Gasteiger partial charge in [0.05, 0.1) is 12.7 Å². The number of halogens is 1. The summed E-state index contributed by atoms with van der Waals surface area (Å²) in [6, 6.07) is 6.53. The number of aromatic nitrogens is 1. The molecule has 0 aliphatic heterocycles. The van der Waals surface area contributed by atoms with Gasteiger partial charge in [-0.2, -0.15) is 0 Å². The summed E-state index contributed by atoms with van der Waals surface area (Å²) in [5.41, 5.74) is 1.82. The Morgan fingerprint density at radius 1 is 1.19 bits per heavy atom. The molecule has 0 radical (unpaired) electrons. The zero-order chi connectivity index (χ0) is 19.7. The van der Waals surface area contributed by atoms with Gasteiger partial charge < -0.3 is 18.9 Å². The molecule has 0 aliphatic carbocycles. The molecular weight excluding hydrogens is 418 g/mol. The van der Waals surface area contributed by atoms with Gasteiger partial charge in [-0.15, -0.1) is 0 Å². The highest BCUT2D eigenvalue weighted by Gasteiger charge is 2.23. The second-order valence-corrected chi connectivity index (χ2v) is 6.84. The van der Waals surface area contributed by atoms with E-state index in [4.69, 9.17) is 13.9 Å². The van der Waals surface area contributed by atoms with Crippen molar-refractivity contribution in [2.75, 3.05) is 7.11 Å². The molecule has 0 bridgehead atoms. The average Bonchev–Trinajstić information content (AvgIpc) is 2.92. The molecule has 0 spiro atoms. The number of esters is 2. The number of H-pyrrole nitrogens is 1. The van der Waals surface area contributed by atoms with E-state index < -0.39 is 17.6 Å². The van der Waals surface area contributed by atoms with Crippen LogP contribution in [0.4, 0.5) is 0 Å². The number of nitrogens with one attached hydrogen (secondary N) is 1. The third-order valence-electron chi connectivity index (χ3n) is 4.18. The van der Waals surface area contributed by atoms with Crippen LogP contribution in [-0.2, 0) is 16.1 Å². The van der Waals surface area contributed by atoms with Gasteiger partial charge in [0, 0.05) is 27.2 Å². The van der Waals surface area contributed by atoms with Crippen LogP contribution in [0.25, 0.3) is 11.0 Å². The fraction of sp³-hybridized carbons (Fsp3) is 0.211. The van der Waals surface area contributed by atoms with Gasteiger partial charge in [0.2, 0.25) is 0 Å². The Hall–Kier alpha value is -2.87. The highest BCUT2D eigenvalue weighted by molar-refractivity contribution is 9.10. The van der Waals surface area contributed by atoms with E-state index in [1.54, 1.807) is 32.0 Å². The van der Waals surface area contributed by atoms with Crippen molar-refractivity contribution in [3.05, 3.63) is 67.2 Å². The topological polar surface area (TPSA) is 98.6 Å². The molecule has 1 aromatic carbocycles. The second kappa shape index (κ2) is 7.40. The monoisotopic (exact) mass is 433 g/mol. The number of ether oxygens (including phenoxy) is 2. The van der Waals surface area contributed by atoms with E-state index >= 15 is 0 Å². The van der Waals surface area contributed by atoms with E-state index in [0.29, 0.717) is 33.4 Å². The normalized spacial score (nSPS) is 10.8. The molecule has 27 heavy (non-hydrogen) atoms. The number of methoxy groups -OCH3 is 1. The average molecular weight is 434 g/mol. The van der Waals surface area contributed by atoms with Gasteiger partial charge >= 0.3 is 17.6 Å². The van der Waals surface area contributed by atoms with Gasteiger partial charge in [-0.25, -0.2) is 14.4 Å². The number of hydrogen-bond acceptors (Lipinski definition) is 6. The van der Waals surface area contributed by atoms with Gasteiger partial charge in [-0.3, -0.25) is 0 Å². The minimum Gasteiger partial charge on any atom is -0.465 e. The van der Waals surface area contributed by atoms with Gasteiger partial charge in [0.15, 0.2) is 0 Å². The van der Waals surface area contributed by atoms with Crippen LogP contribution >= 0.6 is 15.9 Å². The number of rotatable bonds is 4. The van der Waals surface area contributed by atoms with Gasteiger partial charge in [-0.1, -0.05) is 15.9 Å². The molecule has 7 nitrogen and oxygen atoms in total. The largest absolute Gasteiger partial charge is 0.465 e. The van der Waals surface area contributed by atoms with Crippen LogP contribution in [0.1, 0.15) is 37.7 Å². The lowest BCUT2D eigenvalue weighted by molar-refractivity contribution is 0.0466. The van der Waals surface area contributed by atoms with Crippen molar-refractivity contribution in [2.24, 2.45) is 0 Å². The summed E-state index contributed by atoms with van der Waals surface area (Å²) < 4.78 is 16.0. The summed E-state index contributed by atoms with van der Waals surface area (Å²) in [6.07, 6.45) is 0. The van der Waals surface area contributed by atoms with Crippen LogP contribution in [0.15, 0.2) is 37.9 Å². The first-order valence-electron chi connectivity index (χ1n) is 7.98. The summed E-state index contributed by atoms with van der Waals surface area (Å²) in [5, 5.41) is 0.667. The van der Waals surface area contributed by atoms with E-state index in [9.17, 15) is 14.4 Å². The molecule has 140 valence electrons. The lowest BCUT2D eigenvalue weighted by Gasteiger charge is -2.07.